The standard InChI is InChI=1S/C16H33NO/c1-5-7-8-9-10-11-12-14(3)13-15(4)16(18)17-6-2/h14-15H,5-13H2,1-4H3,(H,17,18). The zero-order valence-electron chi connectivity index (χ0n) is 12.9. The Morgan fingerprint density at radius 3 is 2.22 bits per heavy atom. The number of unbranched alkanes of at least 4 members (excludes halogenated alkanes) is 5. The largest absolute Gasteiger partial charge is 0.356 e. The van der Waals surface area contributed by atoms with Crippen molar-refractivity contribution in [3.63, 3.8) is 0 Å². The predicted molar refractivity (Wildman–Crippen MR) is 79.6 cm³/mol. The molecule has 0 aromatic rings. The van der Waals surface area contributed by atoms with Crippen molar-refractivity contribution < 1.29 is 4.79 Å². The zero-order valence-corrected chi connectivity index (χ0v) is 12.9. The molecule has 0 aliphatic heterocycles. The van der Waals surface area contributed by atoms with Crippen LogP contribution in [0.5, 0.6) is 0 Å². The summed E-state index contributed by atoms with van der Waals surface area (Å²) in [5.74, 6) is 1.06. The lowest BCUT2D eigenvalue weighted by molar-refractivity contribution is -0.124. The Hall–Kier alpha value is -0.530. The summed E-state index contributed by atoms with van der Waals surface area (Å²) in [4.78, 5) is 11.6. The van der Waals surface area contributed by atoms with Crippen LogP contribution in [0.4, 0.5) is 0 Å². The van der Waals surface area contributed by atoms with Crippen LogP contribution in [0.15, 0.2) is 0 Å². The van der Waals surface area contributed by atoms with Crippen LogP contribution in [0.2, 0.25) is 0 Å². The summed E-state index contributed by atoms with van der Waals surface area (Å²) in [5, 5.41) is 2.90. The van der Waals surface area contributed by atoms with Crippen LogP contribution in [-0.2, 0) is 4.79 Å². The smallest absolute Gasteiger partial charge is 0.222 e. The predicted octanol–water partition coefficient (Wildman–Crippen LogP) is 4.54. The number of hydrogen-bond donors (Lipinski definition) is 1. The van der Waals surface area contributed by atoms with E-state index in [1.807, 2.05) is 13.8 Å². The molecular weight excluding hydrogens is 222 g/mol. The lowest BCUT2D eigenvalue weighted by Crippen LogP contribution is -2.29. The summed E-state index contributed by atoms with van der Waals surface area (Å²) in [6.07, 6.45) is 10.5. The Bertz CT molecular complexity index is 203. The molecule has 0 aliphatic carbocycles. The third-order valence-electron chi connectivity index (χ3n) is 3.60. The highest BCUT2D eigenvalue weighted by Gasteiger charge is 2.15. The van der Waals surface area contributed by atoms with E-state index in [4.69, 9.17) is 0 Å². The van der Waals surface area contributed by atoms with E-state index in [0.29, 0.717) is 5.92 Å². The van der Waals surface area contributed by atoms with Crippen molar-refractivity contribution in [2.75, 3.05) is 6.54 Å². The maximum absolute atomic E-state index is 11.6. The molecule has 0 aromatic heterocycles. The zero-order chi connectivity index (χ0) is 13.8. The second kappa shape index (κ2) is 11.6. The maximum atomic E-state index is 11.6. The molecule has 2 heteroatoms. The molecule has 1 N–H and O–H groups in total. The van der Waals surface area contributed by atoms with Crippen molar-refractivity contribution in [1.29, 1.82) is 0 Å². The monoisotopic (exact) mass is 255 g/mol. The average Bonchev–Trinajstić information content (AvgIpc) is 2.33. The SMILES string of the molecule is CCCCCCCCC(C)CC(C)C(=O)NCC. The van der Waals surface area contributed by atoms with Gasteiger partial charge in [-0.15, -0.1) is 0 Å². The number of rotatable bonds is 11. The van der Waals surface area contributed by atoms with Crippen molar-refractivity contribution in [3.05, 3.63) is 0 Å². The van der Waals surface area contributed by atoms with Gasteiger partial charge >= 0.3 is 0 Å². The van der Waals surface area contributed by atoms with E-state index in [9.17, 15) is 4.79 Å². The Morgan fingerprint density at radius 2 is 1.61 bits per heavy atom. The van der Waals surface area contributed by atoms with Gasteiger partial charge in [-0.05, 0) is 19.3 Å². The van der Waals surface area contributed by atoms with Crippen LogP contribution in [0, 0.1) is 11.8 Å². The van der Waals surface area contributed by atoms with Crippen LogP contribution >= 0.6 is 0 Å². The minimum absolute atomic E-state index is 0.167. The van der Waals surface area contributed by atoms with E-state index in [2.05, 4.69) is 19.2 Å². The number of carbonyl (C=O) groups is 1. The molecule has 0 radical (unpaired) electrons. The molecule has 18 heavy (non-hydrogen) atoms. The highest BCUT2D eigenvalue weighted by atomic mass is 16.1. The Labute approximate surface area is 114 Å². The molecule has 108 valence electrons. The molecule has 0 fully saturated rings. The van der Waals surface area contributed by atoms with Gasteiger partial charge in [0.05, 0.1) is 0 Å². The van der Waals surface area contributed by atoms with Crippen molar-refractivity contribution in [2.24, 2.45) is 11.8 Å². The first-order valence-electron chi connectivity index (χ1n) is 7.89. The molecule has 1 amide bonds. The second-order valence-corrected chi connectivity index (χ2v) is 5.69. The second-order valence-electron chi connectivity index (χ2n) is 5.69. The highest BCUT2D eigenvalue weighted by Crippen LogP contribution is 2.19. The molecule has 0 heterocycles. The fourth-order valence-electron chi connectivity index (χ4n) is 2.45. The molecule has 0 aromatic carbocycles. The molecule has 0 aliphatic rings. The quantitative estimate of drug-likeness (QED) is 0.540. The number of hydrogen-bond acceptors (Lipinski definition) is 1. The van der Waals surface area contributed by atoms with Crippen LogP contribution in [0.25, 0.3) is 0 Å². The van der Waals surface area contributed by atoms with Gasteiger partial charge in [-0.3, -0.25) is 4.79 Å². The highest BCUT2D eigenvalue weighted by molar-refractivity contribution is 5.78. The van der Waals surface area contributed by atoms with Crippen molar-refractivity contribution in [3.8, 4) is 0 Å². The maximum Gasteiger partial charge on any atom is 0.222 e. The molecule has 0 saturated heterocycles. The van der Waals surface area contributed by atoms with E-state index in [-0.39, 0.29) is 11.8 Å². The van der Waals surface area contributed by atoms with Gasteiger partial charge in [0.1, 0.15) is 0 Å². The Kier molecular flexibility index (Phi) is 11.2. The number of nitrogens with one attached hydrogen (secondary N) is 1. The van der Waals surface area contributed by atoms with Gasteiger partial charge < -0.3 is 5.32 Å². The van der Waals surface area contributed by atoms with Gasteiger partial charge in [-0.25, -0.2) is 0 Å². The first-order chi connectivity index (χ1) is 8.61. The lowest BCUT2D eigenvalue weighted by Gasteiger charge is -2.16. The van der Waals surface area contributed by atoms with Crippen LogP contribution < -0.4 is 5.32 Å². The fraction of sp³-hybridized carbons (Fsp3) is 0.938. The third kappa shape index (κ3) is 9.49. The Balaban J connectivity index is 3.52. The number of amides is 1. The van der Waals surface area contributed by atoms with Crippen molar-refractivity contribution in [1.82, 2.24) is 5.32 Å². The first-order valence-corrected chi connectivity index (χ1v) is 7.89. The summed E-state index contributed by atoms with van der Waals surface area (Å²) in [5.41, 5.74) is 0. The average molecular weight is 255 g/mol. The van der Waals surface area contributed by atoms with Crippen LogP contribution in [0.1, 0.15) is 79.1 Å². The minimum Gasteiger partial charge on any atom is -0.356 e. The Morgan fingerprint density at radius 1 is 1.00 bits per heavy atom. The summed E-state index contributed by atoms with van der Waals surface area (Å²) in [6, 6.07) is 0. The third-order valence-corrected chi connectivity index (χ3v) is 3.60. The molecule has 2 unspecified atom stereocenters. The van der Waals surface area contributed by atoms with E-state index in [0.717, 1.165) is 13.0 Å². The molecule has 2 atom stereocenters. The molecule has 0 bridgehead atoms. The summed E-state index contributed by atoms with van der Waals surface area (Å²) < 4.78 is 0. The van der Waals surface area contributed by atoms with Gasteiger partial charge in [0, 0.05) is 12.5 Å². The normalized spacial score (nSPS) is 14.2. The van der Waals surface area contributed by atoms with E-state index < -0.39 is 0 Å². The van der Waals surface area contributed by atoms with Crippen molar-refractivity contribution in [2.45, 2.75) is 79.1 Å². The van der Waals surface area contributed by atoms with Gasteiger partial charge in [0.15, 0.2) is 0 Å². The summed E-state index contributed by atoms with van der Waals surface area (Å²) >= 11 is 0. The van der Waals surface area contributed by atoms with E-state index >= 15 is 0 Å². The van der Waals surface area contributed by atoms with Crippen LogP contribution in [-0.4, -0.2) is 12.5 Å². The summed E-state index contributed by atoms with van der Waals surface area (Å²) in [7, 11) is 0. The molecule has 2 nitrogen and oxygen atoms in total. The summed E-state index contributed by atoms with van der Waals surface area (Å²) in [6.45, 7) is 9.30. The fourth-order valence-corrected chi connectivity index (χ4v) is 2.45. The van der Waals surface area contributed by atoms with Crippen molar-refractivity contribution >= 4 is 5.91 Å². The minimum atomic E-state index is 0.167. The molecule has 0 rings (SSSR count). The van der Waals surface area contributed by atoms with Gasteiger partial charge in [0.25, 0.3) is 0 Å². The topological polar surface area (TPSA) is 29.1 Å². The molecular formula is C16H33NO. The lowest BCUT2D eigenvalue weighted by atomic mass is 9.92. The first kappa shape index (κ1) is 17.5. The number of carbonyl (C=O) groups excluding carboxylic acids is 1. The molecule has 0 spiro atoms. The van der Waals surface area contributed by atoms with Gasteiger partial charge in [-0.2, -0.15) is 0 Å². The van der Waals surface area contributed by atoms with E-state index in [1.54, 1.807) is 0 Å². The van der Waals surface area contributed by atoms with Crippen LogP contribution in [0.3, 0.4) is 0 Å². The van der Waals surface area contributed by atoms with Gasteiger partial charge in [-0.1, -0.05) is 65.7 Å². The van der Waals surface area contributed by atoms with Gasteiger partial charge in [0.2, 0.25) is 5.91 Å². The molecule has 0 saturated carbocycles. The van der Waals surface area contributed by atoms with E-state index in [1.165, 1.54) is 44.9 Å².